The topological polar surface area (TPSA) is 95.3 Å². The number of hydrogen-bond donors (Lipinski definition) is 1. The SMILES string of the molecule is O=C(CSc1nncn1-c1ccccc1)NC(=O)[C@@H]1COc2ccccc2O1. The highest BCUT2D eigenvalue weighted by molar-refractivity contribution is 7.99. The molecule has 0 bridgehead atoms. The molecule has 28 heavy (non-hydrogen) atoms. The standard InChI is InChI=1S/C19H16N4O4S/c24-17(11-28-19-22-20-12-23(19)13-6-2-1-3-7-13)21-18(25)16-10-26-14-8-4-5-9-15(14)27-16/h1-9,12,16H,10-11H2,(H,21,24,25)/t16-/m0/s1. The Balaban J connectivity index is 1.32. The Morgan fingerprint density at radius 2 is 1.86 bits per heavy atom. The average molecular weight is 396 g/mol. The maximum Gasteiger partial charge on any atom is 0.271 e. The quantitative estimate of drug-likeness (QED) is 0.658. The number of thioether (sulfide) groups is 1. The molecule has 2 amide bonds. The van der Waals surface area contributed by atoms with E-state index in [1.54, 1.807) is 29.1 Å². The number of aromatic nitrogens is 3. The minimum Gasteiger partial charge on any atom is -0.485 e. The zero-order valence-electron chi connectivity index (χ0n) is 14.6. The number of nitrogens with zero attached hydrogens (tertiary/aromatic N) is 3. The van der Waals surface area contributed by atoms with Gasteiger partial charge < -0.3 is 9.47 Å². The summed E-state index contributed by atoms with van der Waals surface area (Å²) in [5, 5.41) is 10.8. The minimum absolute atomic E-state index is 0.0153. The van der Waals surface area contributed by atoms with E-state index in [0.717, 1.165) is 5.69 Å². The van der Waals surface area contributed by atoms with Gasteiger partial charge in [0.2, 0.25) is 12.0 Å². The van der Waals surface area contributed by atoms with Crippen LogP contribution in [0.3, 0.4) is 0 Å². The Hall–Kier alpha value is -3.33. The third-order valence-electron chi connectivity index (χ3n) is 3.95. The van der Waals surface area contributed by atoms with Gasteiger partial charge in [0.1, 0.15) is 12.9 Å². The lowest BCUT2D eigenvalue weighted by molar-refractivity contribution is -0.135. The first-order chi connectivity index (χ1) is 13.7. The lowest BCUT2D eigenvalue weighted by Gasteiger charge is -2.25. The van der Waals surface area contributed by atoms with Crippen molar-refractivity contribution in [3.63, 3.8) is 0 Å². The Bertz CT molecular complexity index is 992. The molecule has 3 aromatic rings. The van der Waals surface area contributed by atoms with Gasteiger partial charge in [0.15, 0.2) is 16.7 Å². The number of nitrogens with one attached hydrogen (secondary N) is 1. The number of rotatable bonds is 5. The van der Waals surface area contributed by atoms with Crippen molar-refractivity contribution in [2.45, 2.75) is 11.3 Å². The lowest BCUT2D eigenvalue weighted by atomic mass is 10.2. The smallest absolute Gasteiger partial charge is 0.271 e. The third-order valence-corrected chi connectivity index (χ3v) is 4.89. The molecule has 2 aromatic carbocycles. The van der Waals surface area contributed by atoms with Crippen molar-refractivity contribution in [3.8, 4) is 17.2 Å². The molecule has 0 saturated carbocycles. The fourth-order valence-corrected chi connectivity index (χ4v) is 3.35. The average Bonchev–Trinajstić information content (AvgIpc) is 3.21. The van der Waals surface area contributed by atoms with Crippen molar-refractivity contribution in [2.24, 2.45) is 0 Å². The number of ether oxygens (including phenoxy) is 2. The van der Waals surface area contributed by atoms with Gasteiger partial charge in [-0.05, 0) is 24.3 Å². The van der Waals surface area contributed by atoms with Crippen molar-refractivity contribution in [2.75, 3.05) is 12.4 Å². The summed E-state index contributed by atoms with van der Waals surface area (Å²) in [7, 11) is 0. The van der Waals surface area contributed by atoms with E-state index in [1.165, 1.54) is 11.8 Å². The van der Waals surface area contributed by atoms with Crippen LogP contribution >= 0.6 is 11.8 Å². The van der Waals surface area contributed by atoms with E-state index in [2.05, 4.69) is 15.5 Å². The van der Waals surface area contributed by atoms with E-state index < -0.39 is 17.9 Å². The lowest BCUT2D eigenvalue weighted by Crippen LogP contribution is -2.46. The van der Waals surface area contributed by atoms with Gasteiger partial charge in [-0.15, -0.1) is 10.2 Å². The first-order valence-electron chi connectivity index (χ1n) is 8.51. The monoisotopic (exact) mass is 396 g/mol. The molecule has 1 aliphatic rings. The molecular weight excluding hydrogens is 380 g/mol. The molecule has 1 atom stereocenters. The highest BCUT2D eigenvalue weighted by Gasteiger charge is 2.28. The second kappa shape index (κ2) is 8.13. The van der Waals surface area contributed by atoms with Crippen LogP contribution in [-0.4, -0.2) is 45.0 Å². The van der Waals surface area contributed by atoms with E-state index in [0.29, 0.717) is 16.7 Å². The van der Waals surface area contributed by atoms with Gasteiger partial charge >= 0.3 is 0 Å². The summed E-state index contributed by atoms with van der Waals surface area (Å²) in [5.41, 5.74) is 0.887. The number of hydrogen-bond acceptors (Lipinski definition) is 7. The second-order valence-corrected chi connectivity index (χ2v) is 6.83. The highest BCUT2D eigenvalue weighted by atomic mass is 32.2. The number of amides is 2. The predicted molar refractivity (Wildman–Crippen MR) is 102 cm³/mol. The van der Waals surface area contributed by atoms with Gasteiger partial charge in [-0.2, -0.15) is 0 Å². The van der Waals surface area contributed by atoms with E-state index in [4.69, 9.17) is 9.47 Å². The van der Waals surface area contributed by atoms with E-state index in [9.17, 15) is 9.59 Å². The Morgan fingerprint density at radius 1 is 1.11 bits per heavy atom. The highest BCUT2D eigenvalue weighted by Crippen LogP contribution is 2.30. The molecule has 1 aliphatic heterocycles. The first kappa shape index (κ1) is 18.1. The summed E-state index contributed by atoms with van der Waals surface area (Å²) < 4.78 is 12.9. The molecule has 0 saturated heterocycles. The summed E-state index contributed by atoms with van der Waals surface area (Å²) in [6, 6.07) is 16.6. The predicted octanol–water partition coefficient (Wildman–Crippen LogP) is 1.84. The molecule has 0 aliphatic carbocycles. The third kappa shape index (κ3) is 3.99. The van der Waals surface area contributed by atoms with E-state index in [-0.39, 0.29) is 12.4 Å². The van der Waals surface area contributed by atoms with E-state index >= 15 is 0 Å². The summed E-state index contributed by atoms with van der Waals surface area (Å²) >= 11 is 1.19. The maximum absolute atomic E-state index is 12.3. The molecule has 142 valence electrons. The normalized spacial score (nSPS) is 15.1. The summed E-state index contributed by atoms with van der Waals surface area (Å²) in [6.07, 6.45) is 0.697. The second-order valence-electron chi connectivity index (χ2n) is 5.88. The minimum atomic E-state index is -0.878. The van der Waals surface area contributed by atoms with Gasteiger partial charge in [-0.25, -0.2) is 0 Å². The molecule has 0 unspecified atom stereocenters. The van der Waals surface area contributed by atoms with Crippen LogP contribution in [0.1, 0.15) is 0 Å². The fourth-order valence-electron chi connectivity index (χ4n) is 2.62. The van der Waals surface area contributed by atoms with Crippen LogP contribution < -0.4 is 14.8 Å². The van der Waals surface area contributed by atoms with Gasteiger partial charge in [-0.3, -0.25) is 19.5 Å². The number of carbonyl (C=O) groups is 2. The van der Waals surface area contributed by atoms with Crippen LogP contribution in [0.25, 0.3) is 5.69 Å². The van der Waals surface area contributed by atoms with E-state index in [1.807, 2.05) is 36.4 Å². The molecule has 1 aromatic heterocycles. The van der Waals surface area contributed by atoms with Crippen LogP contribution in [0.4, 0.5) is 0 Å². The fraction of sp³-hybridized carbons (Fsp3) is 0.158. The molecule has 0 fully saturated rings. The molecular formula is C19H16N4O4S. The van der Waals surface area contributed by atoms with Crippen molar-refractivity contribution in [1.29, 1.82) is 0 Å². The van der Waals surface area contributed by atoms with Crippen molar-refractivity contribution >= 4 is 23.6 Å². The van der Waals surface area contributed by atoms with Crippen LogP contribution in [0.2, 0.25) is 0 Å². The maximum atomic E-state index is 12.3. The number of benzene rings is 2. The molecule has 2 heterocycles. The summed E-state index contributed by atoms with van der Waals surface area (Å²) in [5.74, 6) is 0.0894. The Labute approximate surface area is 164 Å². The van der Waals surface area contributed by atoms with Crippen LogP contribution in [-0.2, 0) is 9.59 Å². The van der Waals surface area contributed by atoms with Crippen molar-refractivity contribution in [1.82, 2.24) is 20.1 Å². The zero-order valence-corrected chi connectivity index (χ0v) is 15.5. The van der Waals surface area contributed by atoms with Crippen molar-refractivity contribution < 1.29 is 19.1 Å². The molecule has 1 N–H and O–H groups in total. The largest absolute Gasteiger partial charge is 0.485 e. The van der Waals surface area contributed by atoms with Crippen molar-refractivity contribution in [3.05, 3.63) is 60.9 Å². The van der Waals surface area contributed by atoms with Gasteiger partial charge in [0, 0.05) is 5.69 Å². The Kier molecular flexibility index (Phi) is 5.24. The Morgan fingerprint density at radius 3 is 2.68 bits per heavy atom. The molecule has 9 heteroatoms. The number of para-hydroxylation sites is 3. The van der Waals surface area contributed by atoms with Gasteiger partial charge in [0.25, 0.3) is 5.91 Å². The summed E-state index contributed by atoms with van der Waals surface area (Å²) in [4.78, 5) is 24.5. The number of carbonyl (C=O) groups excluding carboxylic acids is 2. The zero-order chi connectivity index (χ0) is 19.3. The summed E-state index contributed by atoms with van der Waals surface area (Å²) in [6.45, 7) is 0.0472. The number of fused-ring (bicyclic) bond motifs is 1. The molecule has 4 rings (SSSR count). The molecule has 0 spiro atoms. The van der Waals surface area contributed by atoms with Gasteiger partial charge in [-0.1, -0.05) is 42.1 Å². The van der Waals surface area contributed by atoms with Crippen LogP contribution in [0, 0.1) is 0 Å². The first-order valence-corrected chi connectivity index (χ1v) is 9.50. The van der Waals surface area contributed by atoms with Crippen LogP contribution in [0.5, 0.6) is 11.5 Å². The molecule has 8 nitrogen and oxygen atoms in total. The molecule has 0 radical (unpaired) electrons. The van der Waals surface area contributed by atoms with Gasteiger partial charge in [0.05, 0.1) is 5.75 Å². The van der Waals surface area contributed by atoms with Crippen LogP contribution in [0.15, 0.2) is 66.1 Å². The number of imide groups is 1.